The maximum atomic E-state index is 12.0. The number of aromatic nitrogens is 3. The lowest BCUT2D eigenvalue weighted by Crippen LogP contribution is -2.45. The molecule has 0 radical (unpaired) electrons. The Morgan fingerprint density at radius 1 is 1.40 bits per heavy atom. The number of H-pyrrole nitrogens is 1. The SMILES string of the molecule is CN(CC(=O)NC(C)(C)C)Cn1[nH]c(-c2ccc(Cl)cc2Cl)nc1=S. The van der Waals surface area contributed by atoms with Crippen LogP contribution in [0.2, 0.25) is 10.0 Å². The Morgan fingerprint density at radius 2 is 2.08 bits per heavy atom. The van der Waals surface area contributed by atoms with Gasteiger partial charge in [-0.1, -0.05) is 23.2 Å². The minimum Gasteiger partial charge on any atom is -0.350 e. The van der Waals surface area contributed by atoms with Crippen LogP contribution in [0.4, 0.5) is 0 Å². The van der Waals surface area contributed by atoms with Gasteiger partial charge in [-0.05, 0) is 58.2 Å². The highest BCUT2D eigenvalue weighted by molar-refractivity contribution is 7.71. The molecule has 0 aliphatic rings. The number of likely N-dealkylation sites (N-methyl/N-ethyl adjacent to an activating group) is 1. The van der Waals surface area contributed by atoms with Crippen LogP contribution in [-0.2, 0) is 11.5 Å². The van der Waals surface area contributed by atoms with Crippen LogP contribution in [0, 0.1) is 4.77 Å². The van der Waals surface area contributed by atoms with E-state index < -0.39 is 0 Å². The number of amides is 1. The summed E-state index contributed by atoms with van der Waals surface area (Å²) in [6, 6.07) is 5.17. The topological polar surface area (TPSA) is 66.0 Å². The van der Waals surface area contributed by atoms with Gasteiger partial charge in [0.2, 0.25) is 10.7 Å². The van der Waals surface area contributed by atoms with Crippen LogP contribution in [-0.4, -0.2) is 44.7 Å². The molecule has 0 unspecified atom stereocenters. The second kappa shape index (κ2) is 7.86. The summed E-state index contributed by atoms with van der Waals surface area (Å²) in [6.07, 6.45) is 0. The Balaban J connectivity index is 2.10. The number of carbonyl (C=O) groups excluding carboxylic acids is 1. The van der Waals surface area contributed by atoms with Gasteiger partial charge in [0.15, 0.2) is 5.82 Å². The molecular weight excluding hydrogens is 381 g/mol. The van der Waals surface area contributed by atoms with Gasteiger partial charge in [0.1, 0.15) is 0 Å². The van der Waals surface area contributed by atoms with E-state index in [2.05, 4.69) is 15.4 Å². The maximum absolute atomic E-state index is 12.0. The van der Waals surface area contributed by atoms with E-state index in [0.717, 1.165) is 0 Å². The fraction of sp³-hybridized carbons (Fsp3) is 0.438. The van der Waals surface area contributed by atoms with E-state index in [9.17, 15) is 4.79 Å². The number of hydrogen-bond acceptors (Lipinski definition) is 4. The van der Waals surface area contributed by atoms with Crippen molar-refractivity contribution < 1.29 is 4.79 Å². The number of nitrogens with zero attached hydrogens (tertiary/aromatic N) is 3. The minimum absolute atomic E-state index is 0.0537. The summed E-state index contributed by atoms with van der Waals surface area (Å²) < 4.78 is 2.06. The molecule has 2 N–H and O–H groups in total. The summed E-state index contributed by atoms with van der Waals surface area (Å²) in [7, 11) is 1.83. The van der Waals surface area contributed by atoms with Crippen LogP contribution in [0.3, 0.4) is 0 Å². The highest BCUT2D eigenvalue weighted by atomic mass is 35.5. The molecule has 9 heteroatoms. The zero-order valence-corrected chi connectivity index (χ0v) is 16.9. The molecule has 25 heavy (non-hydrogen) atoms. The normalized spacial score (nSPS) is 11.8. The molecule has 1 amide bonds. The zero-order chi connectivity index (χ0) is 18.8. The molecule has 136 valence electrons. The molecule has 0 aliphatic carbocycles. The lowest BCUT2D eigenvalue weighted by atomic mass is 10.1. The van der Waals surface area contributed by atoms with Crippen LogP contribution >= 0.6 is 35.4 Å². The summed E-state index contributed by atoms with van der Waals surface area (Å²) in [5.41, 5.74) is 0.449. The molecule has 2 rings (SSSR count). The van der Waals surface area contributed by atoms with Crippen molar-refractivity contribution in [3.8, 4) is 11.4 Å². The highest BCUT2D eigenvalue weighted by Crippen LogP contribution is 2.28. The smallest absolute Gasteiger partial charge is 0.234 e. The van der Waals surface area contributed by atoms with E-state index in [1.807, 2.05) is 32.7 Å². The third-order valence-corrected chi connectivity index (χ3v) is 4.04. The van der Waals surface area contributed by atoms with Crippen LogP contribution < -0.4 is 5.32 Å². The number of carbonyl (C=O) groups is 1. The number of rotatable bonds is 5. The number of halogens is 2. The van der Waals surface area contributed by atoms with Gasteiger partial charge < -0.3 is 5.32 Å². The summed E-state index contributed by atoms with van der Waals surface area (Å²) in [4.78, 5) is 18.2. The first-order chi connectivity index (χ1) is 11.5. The Bertz CT molecular complexity index is 825. The molecule has 0 spiro atoms. The molecule has 1 aromatic carbocycles. The summed E-state index contributed by atoms with van der Waals surface area (Å²) in [6.45, 7) is 6.47. The number of benzene rings is 1. The van der Waals surface area contributed by atoms with Crippen LogP contribution in [0.1, 0.15) is 20.8 Å². The Hall–Kier alpha value is -1.41. The van der Waals surface area contributed by atoms with Crippen LogP contribution in [0.25, 0.3) is 11.4 Å². The third-order valence-electron chi connectivity index (χ3n) is 3.18. The van der Waals surface area contributed by atoms with Crippen LogP contribution in [0.5, 0.6) is 0 Å². The van der Waals surface area contributed by atoms with E-state index in [0.29, 0.717) is 32.9 Å². The molecule has 2 aromatic rings. The molecule has 0 saturated heterocycles. The molecule has 0 bridgehead atoms. The molecule has 1 heterocycles. The van der Waals surface area contributed by atoms with Gasteiger partial charge >= 0.3 is 0 Å². The monoisotopic (exact) mass is 401 g/mol. The van der Waals surface area contributed by atoms with Gasteiger partial charge in [-0.3, -0.25) is 14.8 Å². The van der Waals surface area contributed by atoms with E-state index in [1.165, 1.54) is 0 Å². The standard InChI is InChI=1S/C16H21Cl2N5OS/c1-16(2,3)20-13(24)8-22(4)9-23-15(25)19-14(21-23)11-6-5-10(17)7-12(11)18/h5-7H,8-9H2,1-4H3,(H,20,24)(H,19,21,25). The van der Waals surface area contributed by atoms with Crippen molar-refractivity contribution in [1.29, 1.82) is 0 Å². The van der Waals surface area contributed by atoms with E-state index in [1.54, 1.807) is 22.9 Å². The zero-order valence-electron chi connectivity index (χ0n) is 14.6. The fourth-order valence-electron chi connectivity index (χ4n) is 2.25. The molecule has 0 fully saturated rings. The average Bonchev–Trinajstić information content (AvgIpc) is 2.77. The minimum atomic E-state index is -0.263. The van der Waals surface area contributed by atoms with Gasteiger partial charge in [0.05, 0.1) is 18.2 Å². The summed E-state index contributed by atoms with van der Waals surface area (Å²) in [5, 5.41) is 7.07. The van der Waals surface area contributed by atoms with E-state index >= 15 is 0 Å². The van der Waals surface area contributed by atoms with Crippen LogP contribution in [0.15, 0.2) is 18.2 Å². The van der Waals surface area contributed by atoms with Gasteiger partial charge in [0.25, 0.3) is 0 Å². The lowest BCUT2D eigenvalue weighted by Gasteiger charge is -2.23. The van der Waals surface area contributed by atoms with Gasteiger partial charge in [-0.15, -0.1) is 0 Å². The first kappa shape index (κ1) is 19.9. The van der Waals surface area contributed by atoms with Crippen molar-refractivity contribution in [2.75, 3.05) is 13.6 Å². The second-order valence-corrected chi connectivity index (χ2v) is 8.07. The largest absolute Gasteiger partial charge is 0.350 e. The molecule has 1 aromatic heterocycles. The second-order valence-electron chi connectivity index (χ2n) is 6.86. The Morgan fingerprint density at radius 3 is 2.68 bits per heavy atom. The fourth-order valence-corrected chi connectivity index (χ4v) is 2.94. The molecule has 0 aliphatic heterocycles. The predicted molar refractivity (Wildman–Crippen MR) is 103 cm³/mol. The first-order valence-electron chi connectivity index (χ1n) is 7.67. The molecule has 0 saturated carbocycles. The van der Waals surface area contributed by atoms with Crippen molar-refractivity contribution >= 4 is 41.3 Å². The van der Waals surface area contributed by atoms with Gasteiger partial charge in [-0.2, -0.15) is 4.98 Å². The predicted octanol–water partition coefficient (Wildman–Crippen LogP) is 3.72. The number of aromatic amines is 1. The average molecular weight is 402 g/mol. The van der Waals surface area contributed by atoms with Crippen molar-refractivity contribution in [1.82, 2.24) is 25.0 Å². The van der Waals surface area contributed by atoms with Crippen molar-refractivity contribution in [3.05, 3.63) is 33.0 Å². The van der Waals surface area contributed by atoms with E-state index in [4.69, 9.17) is 35.4 Å². The summed E-state index contributed by atoms with van der Waals surface area (Å²) in [5.74, 6) is 0.501. The van der Waals surface area contributed by atoms with E-state index in [-0.39, 0.29) is 18.0 Å². The van der Waals surface area contributed by atoms with Crippen molar-refractivity contribution in [2.45, 2.75) is 33.0 Å². The Labute approximate surface area is 162 Å². The van der Waals surface area contributed by atoms with Gasteiger partial charge in [-0.25, -0.2) is 4.68 Å². The highest BCUT2D eigenvalue weighted by Gasteiger charge is 2.16. The third kappa shape index (κ3) is 5.81. The Kier molecular flexibility index (Phi) is 6.26. The molecule has 6 nitrogen and oxygen atoms in total. The molecule has 0 atom stereocenters. The van der Waals surface area contributed by atoms with Crippen molar-refractivity contribution in [2.24, 2.45) is 0 Å². The summed E-state index contributed by atoms with van der Waals surface area (Å²) >= 11 is 17.4. The van der Waals surface area contributed by atoms with Gasteiger partial charge in [0, 0.05) is 16.1 Å². The van der Waals surface area contributed by atoms with Crippen molar-refractivity contribution in [3.63, 3.8) is 0 Å². The first-order valence-corrected chi connectivity index (χ1v) is 8.83. The molecular formula is C16H21Cl2N5OS. The quantitative estimate of drug-likeness (QED) is 0.749. The lowest BCUT2D eigenvalue weighted by molar-refractivity contribution is -0.123. The number of hydrogen-bond donors (Lipinski definition) is 2. The number of nitrogens with one attached hydrogen (secondary N) is 2. The maximum Gasteiger partial charge on any atom is 0.234 e.